The van der Waals surface area contributed by atoms with Crippen molar-refractivity contribution in [3.8, 4) is 23.0 Å². The van der Waals surface area contributed by atoms with Crippen LogP contribution in [0.25, 0.3) is 38.9 Å². The highest BCUT2D eigenvalue weighted by molar-refractivity contribution is 5.85. The van der Waals surface area contributed by atoms with E-state index in [0.717, 1.165) is 16.5 Å². The normalized spacial score (nSPS) is 12.3. The van der Waals surface area contributed by atoms with Gasteiger partial charge in [-0.05, 0) is 54.1 Å². The maximum Gasteiger partial charge on any atom is 0.153 e. The number of halogens is 1. The van der Waals surface area contributed by atoms with E-state index in [2.05, 4.69) is 31.7 Å². The Balaban J connectivity index is 1.47. The van der Waals surface area contributed by atoms with Crippen molar-refractivity contribution in [2.24, 2.45) is 0 Å². The predicted octanol–water partition coefficient (Wildman–Crippen LogP) is 3.75. The third-order valence-electron chi connectivity index (χ3n) is 6.03. The quantitative estimate of drug-likeness (QED) is 0.401. The lowest BCUT2D eigenvalue weighted by Gasteiger charge is -2.19. The third kappa shape index (κ3) is 3.42. The van der Waals surface area contributed by atoms with Crippen LogP contribution in [0.2, 0.25) is 0 Å². The molecule has 1 unspecified atom stereocenters. The highest BCUT2D eigenvalue weighted by Crippen LogP contribution is 2.31. The number of rotatable bonds is 5. The van der Waals surface area contributed by atoms with Gasteiger partial charge in [-0.1, -0.05) is 17.3 Å². The molecule has 2 N–H and O–H groups in total. The first-order valence-corrected chi connectivity index (χ1v) is 10.8. The number of nitriles is 1. The molecule has 170 valence electrons. The second-order valence-corrected chi connectivity index (χ2v) is 8.06. The molecule has 0 aliphatic carbocycles. The van der Waals surface area contributed by atoms with Crippen LogP contribution in [0.1, 0.15) is 17.2 Å². The first-order valence-electron chi connectivity index (χ1n) is 10.8. The fourth-order valence-corrected chi connectivity index (χ4v) is 4.27. The molecule has 0 bridgehead atoms. The summed E-state index contributed by atoms with van der Waals surface area (Å²) in [5.41, 5.74) is 4.65. The topological polar surface area (TPSA) is 121 Å². The number of hydrogen-bond acceptors (Lipinski definition) is 6. The number of hydrogen-bond donors (Lipinski definition) is 2. The van der Waals surface area contributed by atoms with E-state index >= 15 is 4.39 Å². The number of aliphatic hydroxyl groups is 1. The first kappa shape index (κ1) is 20.7. The number of H-pyrrole nitrogens is 1. The smallest absolute Gasteiger partial charge is 0.153 e. The van der Waals surface area contributed by atoms with E-state index in [1.807, 2.05) is 18.2 Å². The van der Waals surface area contributed by atoms with E-state index < -0.39 is 11.9 Å². The number of nitrogens with one attached hydrogen (secondary N) is 1. The molecule has 9 nitrogen and oxygen atoms in total. The van der Waals surface area contributed by atoms with Crippen molar-refractivity contribution in [1.82, 2.24) is 35.0 Å². The fraction of sp³-hybridized carbons (Fsp3) is 0.0800. The third-order valence-corrected chi connectivity index (χ3v) is 6.03. The number of aromatic nitrogens is 7. The Labute approximate surface area is 197 Å². The largest absolute Gasteiger partial charge is 0.394 e. The number of fused-ring (bicyclic) bond motifs is 2. The van der Waals surface area contributed by atoms with Gasteiger partial charge >= 0.3 is 0 Å². The summed E-state index contributed by atoms with van der Waals surface area (Å²) in [5, 5.41) is 39.8. The molecule has 3 heterocycles. The Morgan fingerprint density at radius 2 is 1.94 bits per heavy atom. The zero-order valence-electron chi connectivity index (χ0n) is 18.2. The number of aliphatic hydroxyl groups excluding tert-OH is 1. The standard InChI is InChI=1S/C25H17FN8O/c26-20-9-18(22-7-8-29-34(22)24(14-35)16-3-1-15(12-27)2-4-16)10-23-25(20)31-32-33(23)19-6-5-17-13-28-30-21(17)11-19/h1-11,13,24,35H,14H2,(H,28,30). The molecule has 6 rings (SSSR count). The second kappa shape index (κ2) is 8.16. The maximum atomic E-state index is 15.2. The highest BCUT2D eigenvalue weighted by atomic mass is 19.1. The zero-order chi connectivity index (χ0) is 23.9. The van der Waals surface area contributed by atoms with Gasteiger partial charge in [0, 0.05) is 17.1 Å². The van der Waals surface area contributed by atoms with Crippen molar-refractivity contribution in [2.45, 2.75) is 6.04 Å². The molecule has 0 aliphatic rings. The summed E-state index contributed by atoms with van der Waals surface area (Å²) in [6.45, 7) is -0.227. The molecule has 0 saturated carbocycles. The molecule has 0 amide bonds. The Morgan fingerprint density at radius 3 is 2.74 bits per heavy atom. The summed E-state index contributed by atoms with van der Waals surface area (Å²) in [7, 11) is 0. The van der Waals surface area contributed by atoms with Crippen LogP contribution in [0, 0.1) is 17.1 Å². The van der Waals surface area contributed by atoms with Crippen molar-refractivity contribution in [3.05, 3.63) is 90.0 Å². The monoisotopic (exact) mass is 464 g/mol. The number of nitrogens with zero attached hydrogens (tertiary/aromatic N) is 7. The minimum Gasteiger partial charge on any atom is -0.394 e. The molecule has 10 heteroatoms. The van der Waals surface area contributed by atoms with E-state index in [1.54, 1.807) is 58.2 Å². The van der Waals surface area contributed by atoms with Gasteiger partial charge in [0.2, 0.25) is 0 Å². The predicted molar refractivity (Wildman–Crippen MR) is 126 cm³/mol. The van der Waals surface area contributed by atoms with Crippen molar-refractivity contribution in [1.29, 1.82) is 5.26 Å². The molecule has 0 radical (unpaired) electrons. The Morgan fingerprint density at radius 1 is 1.09 bits per heavy atom. The van der Waals surface area contributed by atoms with Gasteiger partial charge in [0.25, 0.3) is 0 Å². The summed E-state index contributed by atoms with van der Waals surface area (Å²) >= 11 is 0. The lowest BCUT2D eigenvalue weighted by Crippen LogP contribution is -2.17. The highest BCUT2D eigenvalue weighted by Gasteiger charge is 2.20. The molecule has 35 heavy (non-hydrogen) atoms. The van der Waals surface area contributed by atoms with Crippen molar-refractivity contribution in [3.63, 3.8) is 0 Å². The van der Waals surface area contributed by atoms with E-state index in [1.165, 1.54) is 6.07 Å². The molecule has 3 aromatic heterocycles. The second-order valence-electron chi connectivity index (χ2n) is 8.06. The molecule has 1 atom stereocenters. The molecular formula is C25H17FN8O. The SMILES string of the molecule is N#Cc1ccc(C(CO)n2nccc2-c2cc(F)c3nnn(-c4ccc5cn[nH]c5c4)c3c2)cc1. The molecular weight excluding hydrogens is 447 g/mol. The van der Waals surface area contributed by atoms with Crippen LogP contribution in [-0.4, -0.2) is 46.7 Å². The molecule has 0 fully saturated rings. The van der Waals surface area contributed by atoms with Crippen LogP contribution in [0.15, 0.2) is 73.1 Å². The van der Waals surface area contributed by atoms with Gasteiger partial charge < -0.3 is 5.11 Å². The lowest BCUT2D eigenvalue weighted by atomic mass is 10.0. The number of benzene rings is 3. The van der Waals surface area contributed by atoms with Gasteiger partial charge in [0.15, 0.2) is 5.82 Å². The average Bonchev–Trinajstić information content (AvgIpc) is 3.64. The minimum absolute atomic E-state index is 0.148. The Bertz CT molecular complexity index is 1720. The molecule has 0 spiro atoms. The maximum absolute atomic E-state index is 15.2. The Kier molecular flexibility index (Phi) is 4.83. The van der Waals surface area contributed by atoms with E-state index in [4.69, 9.17) is 5.26 Å². The van der Waals surface area contributed by atoms with Crippen LogP contribution in [0.4, 0.5) is 4.39 Å². The van der Waals surface area contributed by atoms with E-state index in [-0.39, 0.29) is 12.1 Å². The van der Waals surface area contributed by atoms with Crippen LogP contribution in [0.3, 0.4) is 0 Å². The van der Waals surface area contributed by atoms with Gasteiger partial charge in [-0.15, -0.1) is 5.10 Å². The summed E-state index contributed by atoms with van der Waals surface area (Å²) in [5.74, 6) is -0.516. The van der Waals surface area contributed by atoms with Gasteiger partial charge in [-0.25, -0.2) is 9.07 Å². The van der Waals surface area contributed by atoms with Crippen LogP contribution < -0.4 is 0 Å². The molecule has 3 aromatic carbocycles. The summed E-state index contributed by atoms with van der Waals surface area (Å²) in [6.07, 6.45) is 3.33. The fourth-order valence-electron chi connectivity index (χ4n) is 4.27. The van der Waals surface area contributed by atoms with Crippen molar-refractivity contribution < 1.29 is 9.50 Å². The molecule has 0 saturated heterocycles. The average molecular weight is 464 g/mol. The summed E-state index contributed by atoms with van der Waals surface area (Å²) in [4.78, 5) is 0. The number of aromatic amines is 1. The van der Waals surface area contributed by atoms with Crippen LogP contribution >= 0.6 is 0 Å². The zero-order valence-corrected chi connectivity index (χ0v) is 18.2. The molecule has 6 aromatic rings. The van der Waals surface area contributed by atoms with Crippen molar-refractivity contribution in [2.75, 3.05) is 6.61 Å². The Hall–Kier alpha value is -4.88. The summed E-state index contributed by atoms with van der Waals surface area (Å²) < 4.78 is 18.4. The van der Waals surface area contributed by atoms with Gasteiger partial charge in [0.1, 0.15) is 11.6 Å². The van der Waals surface area contributed by atoms with E-state index in [9.17, 15) is 5.11 Å². The molecule has 0 aliphatic heterocycles. The minimum atomic E-state index is -0.516. The lowest BCUT2D eigenvalue weighted by molar-refractivity contribution is 0.242. The van der Waals surface area contributed by atoms with Crippen molar-refractivity contribution >= 4 is 21.9 Å². The van der Waals surface area contributed by atoms with E-state index in [0.29, 0.717) is 28.0 Å². The van der Waals surface area contributed by atoms with Crippen LogP contribution in [0.5, 0.6) is 0 Å². The summed E-state index contributed by atoms with van der Waals surface area (Å²) in [6, 6.07) is 19.1. The van der Waals surface area contributed by atoms with Gasteiger partial charge in [-0.2, -0.15) is 15.5 Å². The van der Waals surface area contributed by atoms with Crippen LogP contribution in [-0.2, 0) is 0 Å². The van der Waals surface area contributed by atoms with Gasteiger partial charge in [-0.3, -0.25) is 9.78 Å². The first-order chi connectivity index (χ1) is 17.2. The van der Waals surface area contributed by atoms with Gasteiger partial charge in [0.05, 0.1) is 46.9 Å².